The van der Waals surface area contributed by atoms with Crippen molar-refractivity contribution < 1.29 is 9.18 Å². The first kappa shape index (κ1) is 20.4. The van der Waals surface area contributed by atoms with Gasteiger partial charge in [-0.2, -0.15) is 0 Å². The van der Waals surface area contributed by atoms with Gasteiger partial charge in [-0.3, -0.25) is 9.69 Å². The Balaban J connectivity index is 1.16. The smallest absolute Gasteiger partial charge is 0.227 e. The summed E-state index contributed by atoms with van der Waals surface area (Å²) in [6, 6.07) is 22.4. The van der Waals surface area contributed by atoms with Crippen molar-refractivity contribution in [1.29, 1.82) is 0 Å². The Bertz CT molecular complexity index is 1190. The number of anilines is 1. The van der Waals surface area contributed by atoms with Crippen molar-refractivity contribution in [2.24, 2.45) is 5.92 Å². The van der Waals surface area contributed by atoms with Crippen LogP contribution in [0.1, 0.15) is 18.4 Å². The lowest BCUT2D eigenvalue weighted by Gasteiger charge is -2.31. The number of amides is 1. The highest BCUT2D eigenvalue weighted by Gasteiger charge is 2.25. The molecule has 3 aromatic carbocycles. The number of para-hydroxylation sites is 2. The van der Waals surface area contributed by atoms with Crippen molar-refractivity contribution in [2.45, 2.75) is 19.4 Å². The molecule has 162 valence electrons. The molecule has 0 radical (unpaired) electrons. The fourth-order valence-electron chi connectivity index (χ4n) is 4.29. The quantitative estimate of drug-likeness (QED) is 0.458. The molecule has 5 nitrogen and oxygen atoms in total. The second-order valence-corrected chi connectivity index (χ2v) is 8.35. The molecule has 32 heavy (non-hydrogen) atoms. The molecule has 0 unspecified atom stereocenters. The maximum absolute atomic E-state index is 13.4. The predicted molar refractivity (Wildman–Crippen MR) is 125 cm³/mol. The second kappa shape index (κ2) is 8.93. The normalized spacial score (nSPS) is 15.2. The van der Waals surface area contributed by atoms with E-state index >= 15 is 0 Å². The average Bonchev–Trinajstić information content (AvgIpc) is 3.24. The van der Waals surface area contributed by atoms with Gasteiger partial charge in [0, 0.05) is 23.7 Å². The van der Waals surface area contributed by atoms with E-state index in [0.717, 1.165) is 66.1 Å². The van der Waals surface area contributed by atoms with Crippen LogP contribution in [0.25, 0.3) is 22.4 Å². The SMILES string of the molecule is O=C(Nc1ccc(-c2nc3ccccc3[nH]2)cc1)C1CCN(Cc2cccc(F)c2)CC1. The van der Waals surface area contributed by atoms with E-state index in [0.29, 0.717) is 0 Å². The van der Waals surface area contributed by atoms with Crippen LogP contribution >= 0.6 is 0 Å². The van der Waals surface area contributed by atoms with Crippen LogP contribution < -0.4 is 5.32 Å². The number of aromatic amines is 1. The third-order valence-corrected chi connectivity index (χ3v) is 6.07. The number of likely N-dealkylation sites (tertiary alicyclic amines) is 1. The number of imidazole rings is 1. The van der Waals surface area contributed by atoms with Crippen LogP contribution in [0.2, 0.25) is 0 Å². The minimum atomic E-state index is -0.205. The average molecular weight is 429 g/mol. The second-order valence-electron chi connectivity index (χ2n) is 8.35. The number of hydrogen-bond donors (Lipinski definition) is 2. The number of fused-ring (bicyclic) bond motifs is 1. The van der Waals surface area contributed by atoms with Gasteiger partial charge in [0.15, 0.2) is 0 Å². The van der Waals surface area contributed by atoms with Crippen molar-refractivity contribution in [1.82, 2.24) is 14.9 Å². The molecule has 5 rings (SSSR count). The highest BCUT2D eigenvalue weighted by Crippen LogP contribution is 2.24. The summed E-state index contributed by atoms with van der Waals surface area (Å²) in [5.74, 6) is 0.665. The number of aromatic nitrogens is 2. The number of nitrogens with zero attached hydrogens (tertiary/aromatic N) is 2. The van der Waals surface area contributed by atoms with E-state index in [1.807, 2.05) is 54.6 Å². The van der Waals surface area contributed by atoms with Crippen LogP contribution in [-0.2, 0) is 11.3 Å². The zero-order chi connectivity index (χ0) is 21.9. The van der Waals surface area contributed by atoms with Gasteiger partial charge in [-0.25, -0.2) is 9.37 Å². The summed E-state index contributed by atoms with van der Waals surface area (Å²) in [5.41, 5.74) is 4.67. The van der Waals surface area contributed by atoms with Crippen LogP contribution in [0.3, 0.4) is 0 Å². The first-order valence-electron chi connectivity index (χ1n) is 11.0. The van der Waals surface area contributed by atoms with E-state index in [1.165, 1.54) is 6.07 Å². The minimum absolute atomic E-state index is 0.00573. The van der Waals surface area contributed by atoms with Crippen molar-refractivity contribution in [2.75, 3.05) is 18.4 Å². The number of benzene rings is 3. The molecule has 0 aliphatic carbocycles. The number of carbonyl (C=O) groups excluding carboxylic acids is 1. The van der Waals surface area contributed by atoms with Gasteiger partial charge in [0.1, 0.15) is 11.6 Å². The summed E-state index contributed by atoms with van der Waals surface area (Å²) < 4.78 is 13.4. The molecule has 0 atom stereocenters. The van der Waals surface area contributed by atoms with Gasteiger partial charge < -0.3 is 10.3 Å². The lowest BCUT2D eigenvalue weighted by molar-refractivity contribution is -0.121. The molecule has 2 N–H and O–H groups in total. The highest BCUT2D eigenvalue weighted by molar-refractivity contribution is 5.93. The van der Waals surface area contributed by atoms with E-state index in [4.69, 9.17) is 0 Å². The number of rotatable bonds is 5. The highest BCUT2D eigenvalue weighted by atomic mass is 19.1. The fourth-order valence-corrected chi connectivity index (χ4v) is 4.29. The fraction of sp³-hybridized carbons (Fsp3) is 0.231. The Labute approximate surface area is 186 Å². The molecule has 0 bridgehead atoms. The zero-order valence-electron chi connectivity index (χ0n) is 17.7. The van der Waals surface area contributed by atoms with Gasteiger partial charge in [-0.05, 0) is 80.0 Å². The predicted octanol–water partition coefficient (Wildman–Crippen LogP) is 5.22. The molecule has 0 spiro atoms. The molecular weight excluding hydrogens is 403 g/mol. The van der Waals surface area contributed by atoms with E-state index < -0.39 is 0 Å². The van der Waals surface area contributed by atoms with Crippen molar-refractivity contribution in [3.63, 3.8) is 0 Å². The number of halogens is 1. The summed E-state index contributed by atoms with van der Waals surface area (Å²) in [4.78, 5) is 23.0. The van der Waals surface area contributed by atoms with Crippen LogP contribution in [0.15, 0.2) is 72.8 Å². The standard InChI is InChI=1S/C26H25FN4O/c27-21-5-3-4-18(16-21)17-31-14-12-20(13-15-31)26(32)28-22-10-8-19(9-11-22)25-29-23-6-1-2-7-24(23)30-25/h1-11,16,20H,12-15,17H2,(H,28,32)(H,29,30). The number of piperidine rings is 1. The monoisotopic (exact) mass is 428 g/mol. The molecule has 1 aliphatic rings. The van der Waals surface area contributed by atoms with E-state index in [9.17, 15) is 9.18 Å². The van der Waals surface area contributed by atoms with E-state index in [1.54, 1.807) is 12.1 Å². The molecule has 6 heteroatoms. The van der Waals surface area contributed by atoms with Gasteiger partial charge in [-0.1, -0.05) is 24.3 Å². The molecule has 1 saturated heterocycles. The molecule has 1 aliphatic heterocycles. The number of H-pyrrole nitrogens is 1. The van der Waals surface area contributed by atoms with Crippen molar-refractivity contribution in [3.05, 3.63) is 84.2 Å². The molecule has 1 fully saturated rings. The van der Waals surface area contributed by atoms with Crippen LogP contribution in [0.4, 0.5) is 10.1 Å². The Morgan fingerprint density at radius 3 is 2.56 bits per heavy atom. The van der Waals surface area contributed by atoms with Crippen LogP contribution in [-0.4, -0.2) is 33.9 Å². The molecule has 4 aromatic rings. The lowest BCUT2D eigenvalue weighted by atomic mass is 9.95. The van der Waals surface area contributed by atoms with Gasteiger partial charge in [0.25, 0.3) is 0 Å². The van der Waals surface area contributed by atoms with E-state index in [2.05, 4.69) is 20.2 Å². The van der Waals surface area contributed by atoms with E-state index in [-0.39, 0.29) is 17.6 Å². The maximum Gasteiger partial charge on any atom is 0.227 e. The maximum atomic E-state index is 13.4. The van der Waals surface area contributed by atoms with Gasteiger partial charge in [0.2, 0.25) is 5.91 Å². The molecule has 1 amide bonds. The summed E-state index contributed by atoms with van der Waals surface area (Å²) in [7, 11) is 0. The molecule has 1 aromatic heterocycles. The molecule has 2 heterocycles. The molecular formula is C26H25FN4O. The topological polar surface area (TPSA) is 61.0 Å². The summed E-state index contributed by atoms with van der Waals surface area (Å²) in [6.45, 7) is 2.38. The van der Waals surface area contributed by atoms with Gasteiger partial charge in [0.05, 0.1) is 11.0 Å². The van der Waals surface area contributed by atoms with Gasteiger partial charge in [-0.15, -0.1) is 0 Å². The third-order valence-electron chi connectivity index (χ3n) is 6.07. The summed E-state index contributed by atoms with van der Waals surface area (Å²) in [5, 5.41) is 3.05. The van der Waals surface area contributed by atoms with Crippen LogP contribution in [0, 0.1) is 11.7 Å². The number of nitrogens with one attached hydrogen (secondary N) is 2. The minimum Gasteiger partial charge on any atom is -0.338 e. The Hall–Kier alpha value is -3.51. The Morgan fingerprint density at radius 1 is 1.03 bits per heavy atom. The van der Waals surface area contributed by atoms with Crippen LogP contribution in [0.5, 0.6) is 0 Å². The first-order chi connectivity index (χ1) is 15.6. The molecule has 0 saturated carbocycles. The summed E-state index contributed by atoms with van der Waals surface area (Å²) >= 11 is 0. The van der Waals surface area contributed by atoms with Crippen molar-refractivity contribution in [3.8, 4) is 11.4 Å². The zero-order valence-corrected chi connectivity index (χ0v) is 17.7. The first-order valence-corrected chi connectivity index (χ1v) is 11.0. The van der Waals surface area contributed by atoms with Crippen molar-refractivity contribution >= 4 is 22.6 Å². The lowest BCUT2D eigenvalue weighted by Crippen LogP contribution is -2.37. The third kappa shape index (κ3) is 4.55. The largest absolute Gasteiger partial charge is 0.338 e. The Kier molecular flexibility index (Phi) is 5.69. The summed E-state index contributed by atoms with van der Waals surface area (Å²) in [6.07, 6.45) is 1.61. The number of hydrogen-bond acceptors (Lipinski definition) is 3. The Morgan fingerprint density at radius 2 is 1.81 bits per heavy atom. The van der Waals surface area contributed by atoms with Gasteiger partial charge >= 0.3 is 0 Å². The number of carbonyl (C=O) groups is 1.